The number of benzene rings is 1. The van der Waals surface area contributed by atoms with Crippen LogP contribution in [0.15, 0.2) is 47.6 Å². The van der Waals surface area contributed by atoms with Gasteiger partial charge in [0.15, 0.2) is 6.10 Å². The summed E-state index contributed by atoms with van der Waals surface area (Å²) in [6, 6.07) is 3.26. The van der Waals surface area contributed by atoms with Crippen LogP contribution in [0.5, 0.6) is 0 Å². The van der Waals surface area contributed by atoms with Crippen molar-refractivity contribution in [2.45, 2.75) is 144 Å². The fourth-order valence-corrected chi connectivity index (χ4v) is 6.79. The van der Waals surface area contributed by atoms with Crippen molar-refractivity contribution < 1.29 is 48.1 Å². The van der Waals surface area contributed by atoms with E-state index in [1.807, 2.05) is 20.8 Å². The third-order valence-electron chi connectivity index (χ3n) is 11.1. The predicted octanol–water partition coefficient (Wildman–Crippen LogP) is 4.28. The molecule has 1 aromatic rings. The van der Waals surface area contributed by atoms with Gasteiger partial charge in [-0.15, -0.1) is 0 Å². The zero-order valence-corrected chi connectivity index (χ0v) is 38.8. The molecule has 340 valence electrons. The molecule has 2 rings (SSSR count). The van der Waals surface area contributed by atoms with Gasteiger partial charge in [0.25, 0.3) is 5.91 Å². The predicted molar refractivity (Wildman–Crippen MR) is 233 cm³/mol. The van der Waals surface area contributed by atoms with Crippen LogP contribution in [0.3, 0.4) is 0 Å². The van der Waals surface area contributed by atoms with Crippen molar-refractivity contribution >= 4 is 53.1 Å². The lowest BCUT2D eigenvalue weighted by molar-refractivity contribution is -0.159. The van der Waals surface area contributed by atoms with E-state index in [1.54, 1.807) is 58.0 Å². The first-order valence-corrected chi connectivity index (χ1v) is 21.3. The average molecular weight is 875 g/mol. The first-order valence-electron chi connectivity index (χ1n) is 20.9. The van der Waals surface area contributed by atoms with E-state index in [0.29, 0.717) is 22.6 Å². The van der Waals surface area contributed by atoms with Gasteiger partial charge in [-0.3, -0.25) is 24.0 Å². The number of ether oxygens (including phenoxy) is 2. The second-order valence-electron chi connectivity index (χ2n) is 17.2. The standard InChI is InChI=1S/C45H68ClN5O10/c1-14-26(5)37-40(55)49-45(10,11)44(59)61-38(27(6)15-2)29(8)34(52)21-16-28(7)43(58)60-35(22-25(3)4)39(54)47-30(9)41(56)51(13)33(23-31-17-19-32(46)20-18-31)42(57)50(12)24-36(53)48-37/h15-20,25-26,29-30,33-35,37-38,52H,14,21-24H2,1-13H3,(H,47,54)(H,48,53)(H,49,55)/b27-15+,28-16-/t26-,29+,30+,33-,34+,35-,37+,38-/m1/s1. The Kier molecular flexibility index (Phi) is 20.1. The molecule has 0 aromatic heterocycles. The van der Waals surface area contributed by atoms with Gasteiger partial charge < -0.3 is 40.3 Å². The maximum Gasteiger partial charge on any atom is 0.334 e. The smallest absolute Gasteiger partial charge is 0.334 e. The van der Waals surface area contributed by atoms with Gasteiger partial charge in [-0.2, -0.15) is 0 Å². The van der Waals surface area contributed by atoms with Crippen LogP contribution in [-0.2, 0) is 49.5 Å². The van der Waals surface area contributed by atoms with E-state index in [-0.39, 0.29) is 30.8 Å². The van der Waals surface area contributed by atoms with Gasteiger partial charge >= 0.3 is 11.9 Å². The van der Waals surface area contributed by atoms with Crippen molar-refractivity contribution in [3.63, 3.8) is 0 Å². The number of rotatable bonds is 7. The van der Waals surface area contributed by atoms with Gasteiger partial charge in [-0.1, -0.05) is 76.9 Å². The van der Waals surface area contributed by atoms with Crippen LogP contribution in [0, 0.1) is 17.8 Å². The minimum atomic E-state index is -1.59. The number of nitrogens with one attached hydrogen (secondary N) is 3. The van der Waals surface area contributed by atoms with Crippen LogP contribution >= 0.6 is 11.6 Å². The zero-order valence-electron chi connectivity index (χ0n) is 38.1. The van der Waals surface area contributed by atoms with Crippen molar-refractivity contribution in [3.8, 4) is 0 Å². The quantitative estimate of drug-likeness (QED) is 0.227. The highest BCUT2D eigenvalue weighted by Crippen LogP contribution is 2.25. The fourth-order valence-electron chi connectivity index (χ4n) is 6.66. The molecule has 0 radical (unpaired) electrons. The molecule has 1 aliphatic rings. The number of allylic oxidation sites excluding steroid dienone is 1. The van der Waals surface area contributed by atoms with Gasteiger partial charge in [-0.05, 0) is 89.5 Å². The summed E-state index contributed by atoms with van der Waals surface area (Å²) in [7, 11) is 2.81. The Bertz CT molecular complexity index is 1800. The second-order valence-corrected chi connectivity index (χ2v) is 17.6. The number of esters is 2. The molecule has 1 heterocycles. The number of halogens is 1. The van der Waals surface area contributed by atoms with Crippen molar-refractivity contribution in [3.05, 3.63) is 58.1 Å². The average Bonchev–Trinajstić information content (AvgIpc) is 3.20. The monoisotopic (exact) mass is 873 g/mol. The van der Waals surface area contributed by atoms with Crippen LogP contribution in [0.2, 0.25) is 5.02 Å². The molecule has 15 nitrogen and oxygen atoms in total. The molecule has 8 atom stereocenters. The maximum absolute atomic E-state index is 14.2. The Labute approximate surface area is 366 Å². The summed E-state index contributed by atoms with van der Waals surface area (Å²) in [5.74, 6) is -6.05. The Morgan fingerprint density at radius 3 is 2.13 bits per heavy atom. The van der Waals surface area contributed by atoms with Gasteiger partial charge in [-0.25, -0.2) is 9.59 Å². The number of hydrogen-bond donors (Lipinski definition) is 4. The largest absolute Gasteiger partial charge is 0.456 e. The highest BCUT2D eigenvalue weighted by atomic mass is 35.5. The lowest BCUT2D eigenvalue weighted by atomic mass is 9.90. The van der Waals surface area contributed by atoms with Crippen molar-refractivity contribution in [2.75, 3.05) is 20.6 Å². The van der Waals surface area contributed by atoms with E-state index in [4.69, 9.17) is 21.1 Å². The molecular weight excluding hydrogens is 806 g/mol. The summed E-state index contributed by atoms with van der Waals surface area (Å²) in [6.07, 6.45) is 0.511. The molecule has 16 heteroatoms. The van der Waals surface area contributed by atoms with Crippen LogP contribution in [0.25, 0.3) is 0 Å². The molecule has 1 aromatic carbocycles. The van der Waals surface area contributed by atoms with E-state index in [0.717, 1.165) is 4.90 Å². The summed E-state index contributed by atoms with van der Waals surface area (Å²) in [5.41, 5.74) is -0.179. The van der Waals surface area contributed by atoms with Crippen molar-refractivity contribution in [1.29, 1.82) is 0 Å². The topological polar surface area (TPSA) is 201 Å². The number of amides is 5. The number of carbonyl (C=O) groups is 7. The second kappa shape index (κ2) is 23.5. The fraction of sp³-hybridized carbons (Fsp3) is 0.622. The van der Waals surface area contributed by atoms with E-state index in [1.165, 1.54) is 52.8 Å². The van der Waals surface area contributed by atoms with Crippen LogP contribution < -0.4 is 16.0 Å². The minimum Gasteiger partial charge on any atom is -0.456 e. The molecule has 61 heavy (non-hydrogen) atoms. The molecule has 0 saturated heterocycles. The first kappa shape index (κ1) is 52.4. The molecular formula is C45H68ClN5O10. The van der Waals surface area contributed by atoms with Crippen molar-refractivity contribution in [2.24, 2.45) is 17.8 Å². The summed E-state index contributed by atoms with van der Waals surface area (Å²) in [4.78, 5) is 98.8. The highest BCUT2D eigenvalue weighted by molar-refractivity contribution is 6.30. The molecule has 0 saturated carbocycles. The summed E-state index contributed by atoms with van der Waals surface area (Å²) in [5, 5.41) is 19.9. The van der Waals surface area contributed by atoms with E-state index < -0.39 is 102 Å². The number of aliphatic hydroxyl groups excluding tert-OH is 1. The van der Waals surface area contributed by atoms with Crippen LogP contribution in [0.4, 0.5) is 0 Å². The van der Waals surface area contributed by atoms with Gasteiger partial charge in [0.05, 0.1) is 12.6 Å². The molecule has 0 spiro atoms. The Balaban J connectivity index is 2.67. The van der Waals surface area contributed by atoms with Crippen LogP contribution in [0.1, 0.15) is 101 Å². The number of nitrogens with zero attached hydrogens (tertiary/aromatic N) is 2. The summed E-state index contributed by atoms with van der Waals surface area (Å²) in [6.45, 7) is 17.9. The zero-order chi connectivity index (χ0) is 46.5. The number of carbonyl (C=O) groups excluding carboxylic acids is 7. The lowest BCUT2D eigenvalue weighted by Crippen LogP contribution is -2.60. The number of aliphatic hydroxyl groups is 1. The molecule has 0 bridgehead atoms. The normalized spacial score (nSPS) is 27.9. The Hall–Kier alpha value is -4.76. The molecule has 0 fully saturated rings. The maximum atomic E-state index is 14.2. The van der Waals surface area contributed by atoms with Gasteiger partial charge in [0.1, 0.15) is 29.8 Å². The van der Waals surface area contributed by atoms with Gasteiger partial charge in [0, 0.05) is 37.0 Å². The molecule has 5 amide bonds. The van der Waals surface area contributed by atoms with E-state index in [9.17, 15) is 38.7 Å². The highest BCUT2D eigenvalue weighted by Gasteiger charge is 2.40. The minimum absolute atomic E-state index is 0.0229. The van der Waals surface area contributed by atoms with E-state index >= 15 is 0 Å². The molecule has 0 aliphatic carbocycles. The third kappa shape index (κ3) is 15.3. The number of hydrogen-bond acceptors (Lipinski definition) is 10. The molecule has 0 unspecified atom stereocenters. The first-order chi connectivity index (χ1) is 28.3. The summed E-state index contributed by atoms with van der Waals surface area (Å²) >= 11 is 6.12. The Morgan fingerprint density at radius 2 is 1.57 bits per heavy atom. The summed E-state index contributed by atoms with van der Waals surface area (Å²) < 4.78 is 11.6. The van der Waals surface area contributed by atoms with Crippen molar-refractivity contribution in [1.82, 2.24) is 25.8 Å². The molecule has 4 N–H and O–H groups in total. The van der Waals surface area contributed by atoms with E-state index in [2.05, 4.69) is 16.0 Å². The van der Waals surface area contributed by atoms with Crippen LogP contribution in [-0.4, -0.2) is 119 Å². The third-order valence-corrected chi connectivity index (χ3v) is 11.4. The Morgan fingerprint density at radius 1 is 0.967 bits per heavy atom. The number of likely N-dealkylation sites (N-methyl/N-ethyl adjacent to an activating group) is 2. The SMILES string of the molecule is C/C=C(\C)[C@H]1OC(=O)C(C)(C)NC(=O)[C@H]([C@H](C)CC)NC(=O)CN(C)C(=O)[C@@H](Cc2ccc(Cl)cc2)N(C)C(=O)[C@H](C)NC(=O)[C@@H](CC(C)C)OC(=O)/C(C)=C\C[C@H](O)[C@@H]1C. The number of cyclic esters (lactones) is 2. The molecule has 1 aliphatic heterocycles. The lowest BCUT2D eigenvalue weighted by Gasteiger charge is -2.34. The van der Waals surface area contributed by atoms with Gasteiger partial charge in [0.2, 0.25) is 23.6 Å².